The molecule has 3 amide bonds. The number of carbonyl (C=O) groups is 4. The molecule has 0 bridgehead atoms. The Kier molecular flexibility index (Phi) is 6.01. The van der Waals surface area contributed by atoms with Crippen LogP contribution in [-0.2, 0) is 9.53 Å². The van der Waals surface area contributed by atoms with Crippen LogP contribution in [0.4, 0.5) is 4.79 Å². The minimum atomic E-state index is -0.685. The molecule has 1 unspecified atom stereocenters. The molecule has 2 aromatic rings. The zero-order chi connectivity index (χ0) is 21.9. The van der Waals surface area contributed by atoms with Gasteiger partial charge in [0.05, 0.1) is 23.7 Å². The molecule has 1 atom stereocenters. The Morgan fingerprint density at radius 2 is 1.47 bits per heavy atom. The molecule has 1 heterocycles. The second kappa shape index (κ2) is 8.49. The maximum Gasteiger partial charge on any atom is 0.408 e. The molecule has 0 fully saturated rings. The van der Waals surface area contributed by atoms with Crippen molar-refractivity contribution in [1.82, 2.24) is 10.2 Å². The summed E-state index contributed by atoms with van der Waals surface area (Å²) in [6, 6.07) is 14.8. The molecule has 1 aliphatic rings. The van der Waals surface area contributed by atoms with Crippen molar-refractivity contribution in [2.45, 2.75) is 38.8 Å². The third-order valence-electron chi connectivity index (χ3n) is 4.54. The number of rotatable bonds is 6. The van der Waals surface area contributed by atoms with Crippen LogP contribution in [0.3, 0.4) is 0 Å². The first-order chi connectivity index (χ1) is 14.2. The highest BCUT2D eigenvalue weighted by Gasteiger charge is 2.36. The van der Waals surface area contributed by atoms with Gasteiger partial charge in [-0.05, 0) is 38.5 Å². The molecule has 7 nitrogen and oxygen atoms in total. The van der Waals surface area contributed by atoms with E-state index < -0.39 is 29.6 Å². The summed E-state index contributed by atoms with van der Waals surface area (Å²) in [6.45, 7) is 4.89. The Hall–Kier alpha value is -3.48. The number of carbonyl (C=O) groups excluding carboxylic acids is 4. The van der Waals surface area contributed by atoms with Crippen molar-refractivity contribution in [3.63, 3.8) is 0 Å². The summed E-state index contributed by atoms with van der Waals surface area (Å²) >= 11 is 0. The quantitative estimate of drug-likeness (QED) is 0.739. The SMILES string of the molecule is CC(C)(C)OC(=O)NC(CC(=O)CN1C(=O)c2ccccc2C1=O)c1ccccc1. The molecule has 156 valence electrons. The predicted molar refractivity (Wildman–Crippen MR) is 110 cm³/mol. The number of Topliss-reactive ketones (excluding diaryl/α,β-unsaturated/α-hetero) is 1. The van der Waals surface area contributed by atoms with Crippen molar-refractivity contribution in [2.75, 3.05) is 6.54 Å². The number of hydrogen-bond donors (Lipinski definition) is 1. The molecule has 0 aromatic heterocycles. The number of ketones is 1. The fourth-order valence-electron chi connectivity index (χ4n) is 3.24. The molecule has 0 saturated carbocycles. The number of fused-ring (bicyclic) bond motifs is 1. The van der Waals surface area contributed by atoms with Crippen LogP contribution in [0.15, 0.2) is 54.6 Å². The van der Waals surface area contributed by atoms with Crippen LogP contribution in [0, 0.1) is 0 Å². The molecule has 0 saturated heterocycles. The Labute approximate surface area is 175 Å². The van der Waals surface area contributed by atoms with Crippen molar-refractivity contribution in [3.05, 3.63) is 71.3 Å². The second-order valence-electron chi connectivity index (χ2n) is 8.09. The van der Waals surface area contributed by atoms with E-state index in [0.29, 0.717) is 11.1 Å². The van der Waals surface area contributed by atoms with E-state index in [0.717, 1.165) is 10.5 Å². The highest BCUT2D eigenvalue weighted by Crippen LogP contribution is 2.24. The van der Waals surface area contributed by atoms with Crippen LogP contribution in [0.2, 0.25) is 0 Å². The monoisotopic (exact) mass is 408 g/mol. The van der Waals surface area contributed by atoms with E-state index in [2.05, 4.69) is 5.32 Å². The van der Waals surface area contributed by atoms with Crippen LogP contribution >= 0.6 is 0 Å². The van der Waals surface area contributed by atoms with Crippen molar-refractivity contribution < 1.29 is 23.9 Å². The van der Waals surface area contributed by atoms with E-state index in [1.165, 1.54) is 0 Å². The van der Waals surface area contributed by atoms with Crippen LogP contribution in [0.25, 0.3) is 0 Å². The lowest BCUT2D eigenvalue weighted by Gasteiger charge is -2.24. The maximum absolute atomic E-state index is 12.8. The molecule has 0 spiro atoms. The number of hydrogen-bond acceptors (Lipinski definition) is 5. The predicted octanol–water partition coefficient (Wildman–Crippen LogP) is 3.51. The fraction of sp³-hybridized carbons (Fsp3) is 0.304. The largest absolute Gasteiger partial charge is 0.444 e. The zero-order valence-electron chi connectivity index (χ0n) is 17.2. The number of nitrogens with one attached hydrogen (secondary N) is 1. The molecule has 1 aliphatic heterocycles. The van der Waals surface area contributed by atoms with E-state index >= 15 is 0 Å². The standard InChI is InChI=1S/C23H24N2O5/c1-23(2,3)30-22(29)24-19(15-9-5-4-6-10-15)13-16(26)14-25-20(27)17-11-7-8-12-18(17)21(25)28/h4-12,19H,13-14H2,1-3H3,(H,24,29). The maximum atomic E-state index is 12.8. The van der Waals surface area contributed by atoms with Crippen LogP contribution < -0.4 is 5.32 Å². The third-order valence-corrected chi connectivity index (χ3v) is 4.54. The minimum absolute atomic E-state index is 0.0866. The van der Waals surface area contributed by atoms with Gasteiger partial charge in [0.2, 0.25) is 0 Å². The number of nitrogens with zero attached hydrogens (tertiary/aromatic N) is 1. The fourth-order valence-corrected chi connectivity index (χ4v) is 3.24. The Balaban J connectivity index is 1.72. The van der Waals surface area contributed by atoms with E-state index in [-0.39, 0.29) is 18.7 Å². The molecule has 7 heteroatoms. The van der Waals surface area contributed by atoms with Crippen LogP contribution in [0.5, 0.6) is 0 Å². The molecular formula is C23H24N2O5. The average molecular weight is 408 g/mol. The Morgan fingerprint density at radius 1 is 0.933 bits per heavy atom. The number of ether oxygens (including phenoxy) is 1. The summed E-state index contributed by atoms with van der Waals surface area (Å²) in [5.41, 5.74) is 0.623. The summed E-state index contributed by atoms with van der Waals surface area (Å²) in [4.78, 5) is 51.0. The molecule has 2 aromatic carbocycles. The third kappa shape index (κ3) is 4.92. The average Bonchev–Trinajstić information content (AvgIpc) is 2.92. The summed E-state index contributed by atoms with van der Waals surface area (Å²) < 4.78 is 5.30. The van der Waals surface area contributed by atoms with Gasteiger partial charge < -0.3 is 10.1 Å². The number of imide groups is 1. The van der Waals surface area contributed by atoms with E-state index in [4.69, 9.17) is 4.74 Å². The van der Waals surface area contributed by atoms with E-state index in [1.54, 1.807) is 69.3 Å². The van der Waals surface area contributed by atoms with E-state index in [1.807, 2.05) is 6.07 Å². The molecular weight excluding hydrogens is 384 g/mol. The molecule has 0 radical (unpaired) electrons. The van der Waals surface area contributed by atoms with Gasteiger partial charge in [-0.3, -0.25) is 19.3 Å². The lowest BCUT2D eigenvalue weighted by molar-refractivity contribution is -0.119. The highest BCUT2D eigenvalue weighted by molar-refractivity contribution is 6.22. The van der Waals surface area contributed by atoms with Gasteiger partial charge in [0.15, 0.2) is 5.78 Å². The molecule has 1 N–H and O–H groups in total. The van der Waals surface area contributed by atoms with Gasteiger partial charge in [-0.1, -0.05) is 42.5 Å². The Bertz CT molecular complexity index is 944. The van der Waals surface area contributed by atoms with Gasteiger partial charge in [0.1, 0.15) is 5.60 Å². The number of alkyl carbamates (subject to hydrolysis) is 1. The summed E-state index contributed by atoms with van der Waals surface area (Å²) in [5, 5.41) is 2.71. The number of amides is 3. The Morgan fingerprint density at radius 3 is 2.00 bits per heavy atom. The highest BCUT2D eigenvalue weighted by atomic mass is 16.6. The van der Waals surface area contributed by atoms with Crippen molar-refractivity contribution >= 4 is 23.7 Å². The summed E-state index contributed by atoms with van der Waals surface area (Å²) in [6.07, 6.45) is -0.735. The van der Waals surface area contributed by atoms with Crippen LogP contribution in [-0.4, -0.2) is 40.7 Å². The van der Waals surface area contributed by atoms with Gasteiger partial charge in [-0.25, -0.2) is 4.79 Å². The van der Waals surface area contributed by atoms with Gasteiger partial charge in [0, 0.05) is 6.42 Å². The van der Waals surface area contributed by atoms with E-state index in [9.17, 15) is 19.2 Å². The van der Waals surface area contributed by atoms with Gasteiger partial charge in [-0.15, -0.1) is 0 Å². The topological polar surface area (TPSA) is 92.8 Å². The smallest absolute Gasteiger partial charge is 0.408 e. The first kappa shape index (κ1) is 21.2. The summed E-state index contributed by atoms with van der Waals surface area (Å²) in [7, 11) is 0. The molecule has 0 aliphatic carbocycles. The van der Waals surface area contributed by atoms with Crippen molar-refractivity contribution in [3.8, 4) is 0 Å². The van der Waals surface area contributed by atoms with Crippen molar-refractivity contribution in [1.29, 1.82) is 0 Å². The zero-order valence-corrected chi connectivity index (χ0v) is 17.2. The minimum Gasteiger partial charge on any atom is -0.444 e. The lowest BCUT2D eigenvalue weighted by Crippen LogP contribution is -2.38. The van der Waals surface area contributed by atoms with Gasteiger partial charge in [-0.2, -0.15) is 0 Å². The van der Waals surface area contributed by atoms with Crippen LogP contribution in [0.1, 0.15) is 59.5 Å². The van der Waals surface area contributed by atoms with Gasteiger partial charge in [0.25, 0.3) is 11.8 Å². The first-order valence-corrected chi connectivity index (χ1v) is 9.67. The second-order valence-corrected chi connectivity index (χ2v) is 8.09. The number of benzene rings is 2. The van der Waals surface area contributed by atoms with Gasteiger partial charge >= 0.3 is 6.09 Å². The lowest BCUT2D eigenvalue weighted by atomic mass is 10.0. The van der Waals surface area contributed by atoms with Crippen molar-refractivity contribution in [2.24, 2.45) is 0 Å². The summed E-state index contributed by atoms with van der Waals surface area (Å²) in [5.74, 6) is -1.32. The first-order valence-electron chi connectivity index (χ1n) is 9.67. The molecule has 30 heavy (non-hydrogen) atoms. The molecule has 3 rings (SSSR count). The normalized spacial score (nSPS) is 14.3.